The van der Waals surface area contributed by atoms with Gasteiger partial charge in [-0.2, -0.15) is 0 Å². The third-order valence-electron chi connectivity index (χ3n) is 8.95. The molecule has 0 fully saturated rings. The maximum atomic E-state index is 5.34. The Bertz CT molecular complexity index is 1570. The van der Waals surface area contributed by atoms with Gasteiger partial charge in [-0.1, -0.05) is 0 Å². The van der Waals surface area contributed by atoms with Gasteiger partial charge in [-0.05, 0) is 169 Å². The number of aryl methyl sites for hydroxylation is 12. The highest BCUT2D eigenvalue weighted by Gasteiger charge is 2.06. The Morgan fingerprint density at radius 1 is 0.280 bits per heavy atom. The highest BCUT2D eigenvalue weighted by molar-refractivity contribution is 7.12. The summed E-state index contributed by atoms with van der Waals surface area (Å²) in [5.74, 6) is 5.43. The minimum Gasteiger partial charge on any atom is -0.466 e. The van der Waals surface area contributed by atoms with Crippen molar-refractivity contribution in [2.75, 3.05) is 0 Å². The SMILES string of the molecule is Cc1nnc(C)o1.Cc1nnc(C)s1.Cc1oc(C)c(C)c1C.Cc1oc(C)c(C)c1C.Cc1sc(C)c(C)c1C.Cc1sc(C)c(C)c1C. The number of aromatic nitrogens is 4. The molecule has 50 heavy (non-hydrogen) atoms. The van der Waals surface area contributed by atoms with Gasteiger partial charge in [0, 0.05) is 33.4 Å². The third-order valence-corrected chi connectivity index (χ3v) is 12.2. The molecule has 6 rings (SSSR count). The first kappa shape index (κ1) is 44.7. The van der Waals surface area contributed by atoms with Crippen LogP contribution in [0.5, 0.6) is 0 Å². The molecule has 0 aliphatic rings. The fourth-order valence-corrected chi connectivity index (χ4v) is 7.17. The summed E-state index contributed by atoms with van der Waals surface area (Å²) in [6.07, 6.45) is 0. The standard InChI is InChI=1S/2C8H12O.2C8H12S.C4H6N2O.C4H6N2S/c4*1-5-6(2)8(4)9-7(5)3;2*1-3-5-6-4(2)7-3/h4*1-4H3;2*1-2H3. The minimum atomic E-state index is 0.623. The van der Waals surface area contributed by atoms with Crippen LogP contribution in [0.15, 0.2) is 13.3 Å². The van der Waals surface area contributed by atoms with E-state index >= 15 is 0 Å². The first-order chi connectivity index (χ1) is 23.1. The average Bonchev–Trinajstić information content (AvgIpc) is 3.84. The molecule has 0 spiro atoms. The van der Waals surface area contributed by atoms with Crippen LogP contribution in [0, 0.1) is 138 Å². The topological polar surface area (TPSA) is 91.0 Å². The van der Waals surface area contributed by atoms with Gasteiger partial charge in [0.05, 0.1) is 0 Å². The summed E-state index contributed by atoms with van der Waals surface area (Å²) in [7, 11) is 0. The fraction of sp³-hybridized carbons (Fsp3) is 0.500. The normalized spacial score (nSPS) is 10.0. The predicted octanol–water partition coefficient (Wildman–Crippen LogP) is 12.8. The zero-order valence-electron chi connectivity index (χ0n) is 34.2. The molecule has 0 amide bonds. The van der Waals surface area contributed by atoms with Crippen molar-refractivity contribution in [2.24, 2.45) is 0 Å². The van der Waals surface area contributed by atoms with Crippen LogP contribution >= 0.6 is 34.0 Å². The molecular formula is C40H60N4O3S3. The van der Waals surface area contributed by atoms with Crippen LogP contribution in [-0.2, 0) is 0 Å². The molecule has 0 N–H and O–H groups in total. The molecule has 6 aromatic rings. The Hall–Kier alpha value is -3.34. The van der Waals surface area contributed by atoms with E-state index in [1.807, 2.05) is 64.2 Å². The smallest absolute Gasteiger partial charge is 0.213 e. The average molecular weight is 741 g/mol. The maximum Gasteiger partial charge on any atom is 0.213 e. The number of hydrogen-bond acceptors (Lipinski definition) is 10. The van der Waals surface area contributed by atoms with E-state index in [1.165, 1.54) is 64.0 Å². The van der Waals surface area contributed by atoms with Gasteiger partial charge in [-0.15, -0.1) is 54.4 Å². The Morgan fingerprint density at radius 3 is 0.600 bits per heavy atom. The molecule has 10 heteroatoms. The number of thiophene rings is 2. The number of hydrogen-bond donors (Lipinski definition) is 0. The van der Waals surface area contributed by atoms with E-state index in [-0.39, 0.29) is 0 Å². The van der Waals surface area contributed by atoms with Gasteiger partial charge >= 0.3 is 0 Å². The van der Waals surface area contributed by atoms with Gasteiger partial charge in [-0.25, -0.2) is 0 Å². The summed E-state index contributed by atoms with van der Waals surface area (Å²) in [4.78, 5) is 5.85. The lowest BCUT2D eigenvalue weighted by Gasteiger charge is -1.88. The van der Waals surface area contributed by atoms with Gasteiger partial charge in [0.15, 0.2) is 0 Å². The first-order valence-electron chi connectivity index (χ1n) is 16.7. The highest BCUT2D eigenvalue weighted by atomic mass is 32.1. The molecule has 0 aromatic carbocycles. The Labute approximate surface area is 313 Å². The van der Waals surface area contributed by atoms with Crippen LogP contribution in [0.4, 0.5) is 0 Å². The van der Waals surface area contributed by atoms with Gasteiger partial charge in [0.2, 0.25) is 11.8 Å². The molecule has 6 heterocycles. The van der Waals surface area contributed by atoms with Crippen molar-refractivity contribution in [3.8, 4) is 0 Å². The van der Waals surface area contributed by atoms with E-state index < -0.39 is 0 Å². The molecule has 0 radical (unpaired) electrons. The van der Waals surface area contributed by atoms with E-state index in [4.69, 9.17) is 13.3 Å². The van der Waals surface area contributed by atoms with E-state index in [1.54, 1.807) is 25.2 Å². The van der Waals surface area contributed by atoms with Gasteiger partial charge in [0.25, 0.3) is 0 Å². The van der Waals surface area contributed by atoms with Crippen LogP contribution < -0.4 is 0 Å². The summed E-state index contributed by atoms with van der Waals surface area (Å²) in [6.45, 7) is 41.2. The molecule has 0 unspecified atom stereocenters. The molecular weight excluding hydrogens is 681 g/mol. The van der Waals surface area contributed by atoms with Crippen molar-refractivity contribution in [3.05, 3.63) is 109 Å². The second kappa shape index (κ2) is 20.5. The van der Waals surface area contributed by atoms with Crippen molar-refractivity contribution < 1.29 is 13.3 Å². The van der Waals surface area contributed by atoms with Crippen LogP contribution in [0.3, 0.4) is 0 Å². The molecule has 0 saturated heterocycles. The highest BCUT2D eigenvalue weighted by Crippen LogP contribution is 2.26. The van der Waals surface area contributed by atoms with Crippen molar-refractivity contribution >= 4 is 34.0 Å². The molecule has 0 aliphatic heterocycles. The van der Waals surface area contributed by atoms with Crippen molar-refractivity contribution in [3.63, 3.8) is 0 Å². The molecule has 0 bridgehead atoms. The van der Waals surface area contributed by atoms with Gasteiger partial charge < -0.3 is 13.3 Å². The van der Waals surface area contributed by atoms with Crippen LogP contribution in [-0.4, -0.2) is 20.4 Å². The van der Waals surface area contributed by atoms with Gasteiger partial charge in [-0.3, -0.25) is 0 Å². The molecule has 276 valence electrons. The quantitative estimate of drug-likeness (QED) is 0.153. The molecule has 6 aromatic heterocycles. The Balaban J connectivity index is 0.000000301. The minimum absolute atomic E-state index is 0.623. The fourth-order valence-electron chi connectivity index (χ4n) is 4.43. The lowest BCUT2D eigenvalue weighted by Crippen LogP contribution is -1.73. The lowest BCUT2D eigenvalue weighted by molar-refractivity contribution is 0.489. The molecule has 0 saturated carbocycles. The van der Waals surface area contributed by atoms with Gasteiger partial charge in [0.1, 0.15) is 33.1 Å². The third kappa shape index (κ3) is 13.8. The zero-order chi connectivity index (χ0) is 38.6. The maximum absolute atomic E-state index is 5.34. The summed E-state index contributed by atoms with van der Waals surface area (Å²) in [6, 6.07) is 0. The first-order valence-corrected chi connectivity index (χ1v) is 19.2. The van der Waals surface area contributed by atoms with E-state index in [0.717, 1.165) is 33.1 Å². The predicted molar refractivity (Wildman–Crippen MR) is 215 cm³/mol. The molecule has 0 atom stereocenters. The molecule has 7 nitrogen and oxygen atoms in total. The lowest BCUT2D eigenvalue weighted by atomic mass is 10.2. The summed E-state index contributed by atoms with van der Waals surface area (Å²) in [5.41, 5.74) is 11.0. The van der Waals surface area contributed by atoms with E-state index in [0.29, 0.717) is 11.8 Å². The summed E-state index contributed by atoms with van der Waals surface area (Å²) >= 11 is 5.41. The summed E-state index contributed by atoms with van der Waals surface area (Å²) in [5, 5.41) is 16.8. The van der Waals surface area contributed by atoms with Crippen LogP contribution in [0.2, 0.25) is 0 Å². The zero-order valence-corrected chi connectivity index (χ0v) is 36.7. The van der Waals surface area contributed by atoms with Crippen molar-refractivity contribution in [1.82, 2.24) is 20.4 Å². The van der Waals surface area contributed by atoms with E-state index in [9.17, 15) is 0 Å². The number of nitrogens with zero attached hydrogens (tertiary/aromatic N) is 4. The number of rotatable bonds is 0. The summed E-state index contributed by atoms with van der Waals surface area (Å²) < 4.78 is 15.6. The van der Waals surface area contributed by atoms with Crippen molar-refractivity contribution in [2.45, 2.75) is 138 Å². The second-order valence-corrected chi connectivity index (χ2v) is 16.8. The monoisotopic (exact) mass is 740 g/mol. The largest absolute Gasteiger partial charge is 0.466 e. The van der Waals surface area contributed by atoms with Crippen LogP contribution in [0.25, 0.3) is 0 Å². The Kier molecular flexibility index (Phi) is 18.3. The van der Waals surface area contributed by atoms with Crippen molar-refractivity contribution in [1.29, 1.82) is 0 Å². The Morgan fingerprint density at radius 2 is 0.520 bits per heavy atom. The van der Waals surface area contributed by atoms with Crippen LogP contribution in [0.1, 0.15) is 109 Å². The molecule has 0 aliphatic carbocycles. The second-order valence-electron chi connectivity index (χ2n) is 12.5. The number of furan rings is 2. The van der Waals surface area contributed by atoms with E-state index in [2.05, 4.69) is 103 Å².